The summed E-state index contributed by atoms with van der Waals surface area (Å²) in [5.41, 5.74) is 1.06. The second-order valence-corrected chi connectivity index (χ2v) is 6.19. The number of halogens is 1. The molecule has 0 aliphatic carbocycles. The second-order valence-electron chi connectivity index (χ2n) is 4.12. The number of rotatable bonds is 3. The molecule has 0 aromatic carbocycles. The standard InChI is InChI=1S/C11H15ClN2S/c1-11(4-2-6-15-11)8-14-9-3-5-13-10(12)7-9/h3,5,7H,2,4,6,8H2,1H3,(H,13,14). The molecule has 0 spiro atoms. The predicted molar refractivity (Wildman–Crippen MR) is 67.8 cm³/mol. The Balaban J connectivity index is 1.92. The van der Waals surface area contributed by atoms with Crippen molar-refractivity contribution < 1.29 is 0 Å². The lowest BCUT2D eigenvalue weighted by Crippen LogP contribution is -2.26. The van der Waals surface area contributed by atoms with Gasteiger partial charge in [-0.15, -0.1) is 0 Å². The highest BCUT2D eigenvalue weighted by atomic mass is 35.5. The number of thioether (sulfide) groups is 1. The van der Waals surface area contributed by atoms with Crippen molar-refractivity contribution in [2.24, 2.45) is 0 Å². The molecule has 1 aromatic heterocycles. The summed E-state index contributed by atoms with van der Waals surface area (Å²) >= 11 is 7.88. The van der Waals surface area contributed by atoms with Gasteiger partial charge in [-0.05, 0) is 37.7 Å². The lowest BCUT2D eigenvalue weighted by molar-refractivity contribution is 0.635. The summed E-state index contributed by atoms with van der Waals surface area (Å²) in [6, 6.07) is 3.82. The molecule has 0 bridgehead atoms. The van der Waals surface area contributed by atoms with Gasteiger partial charge in [-0.25, -0.2) is 4.98 Å². The maximum Gasteiger partial charge on any atom is 0.131 e. The highest BCUT2D eigenvalue weighted by Crippen LogP contribution is 2.37. The van der Waals surface area contributed by atoms with Crippen LogP contribution >= 0.6 is 23.4 Å². The number of hydrogen-bond donors (Lipinski definition) is 1. The fourth-order valence-corrected chi connectivity index (χ4v) is 3.20. The third-order valence-electron chi connectivity index (χ3n) is 2.69. The zero-order valence-corrected chi connectivity index (χ0v) is 10.4. The first-order chi connectivity index (χ1) is 7.18. The van der Waals surface area contributed by atoms with Crippen LogP contribution in [-0.4, -0.2) is 22.0 Å². The van der Waals surface area contributed by atoms with E-state index in [0.717, 1.165) is 12.2 Å². The summed E-state index contributed by atoms with van der Waals surface area (Å²) in [7, 11) is 0. The van der Waals surface area contributed by atoms with E-state index in [1.807, 2.05) is 12.1 Å². The minimum absolute atomic E-state index is 0.385. The summed E-state index contributed by atoms with van der Waals surface area (Å²) in [4.78, 5) is 3.96. The molecule has 0 saturated carbocycles. The van der Waals surface area contributed by atoms with Gasteiger partial charge in [-0.1, -0.05) is 11.6 Å². The SMILES string of the molecule is CC1(CNc2ccnc(Cl)c2)CCCS1. The Labute approximate surface area is 99.8 Å². The lowest BCUT2D eigenvalue weighted by Gasteiger charge is -2.23. The van der Waals surface area contributed by atoms with E-state index in [2.05, 4.69) is 29.0 Å². The summed E-state index contributed by atoms with van der Waals surface area (Å²) in [6.45, 7) is 3.32. The second kappa shape index (κ2) is 4.62. The van der Waals surface area contributed by atoms with Gasteiger partial charge in [0.15, 0.2) is 0 Å². The van der Waals surface area contributed by atoms with Crippen LogP contribution in [0.4, 0.5) is 5.69 Å². The highest BCUT2D eigenvalue weighted by molar-refractivity contribution is 8.00. The average Bonchev–Trinajstić information content (AvgIpc) is 2.63. The van der Waals surface area contributed by atoms with E-state index in [1.165, 1.54) is 18.6 Å². The molecule has 1 saturated heterocycles. The summed E-state index contributed by atoms with van der Waals surface area (Å²) < 4.78 is 0.385. The highest BCUT2D eigenvalue weighted by Gasteiger charge is 2.28. The molecule has 2 rings (SSSR count). The van der Waals surface area contributed by atoms with Crippen molar-refractivity contribution in [2.45, 2.75) is 24.5 Å². The van der Waals surface area contributed by atoms with Crippen LogP contribution in [0, 0.1) is 0 Å². The van der Waals surface area contributed by atoms with E-state index in [4.69, 9.17) is 11.6 Å². The van der Waals surface area contributed by atoms with Gasteiger partial charge in [0, 0.05) is 23.2 Å². The molecule has 1 atom stereocenters. The molecule has 15 heavy (non-hydrogen) atoms. The number of pyridine rings is 1. The molecular formula is C11H15ClN2S. The van der Waals surface area contributed by atoms with Crippen molar-refractivity contribution >= 4 is 29.1 Å². The van der Waals surface area contributed by atoms with E-state index < -0.39 is 0 Å². The molecule has 0 radical (unpaired) electrons. The molecular weight excluding hydrogens is 228 g/mol. The van der Waals surface area contributed by atoms with Crippen LogP contribution < -0.4 is 5.32 Å². The lowest BCUT2D eigenvalue weighted by atomic mass is 10.1. The monoisotopic (exact) mass is 242 g/mol. The van der Waals surface area contributed by atoms with E-state index >= 15 is 0 Å². The quantitative estimate of drug-likeness (QED) is 0.822. The van der Waals surface area contributed by atoms with Crippen molar-refractivity contribution in [2.75, 3.05) is 17.6 Å². The van der Waals surface area contributed by atoms with Crippen LogP contribution in [0.2, 0.25) is 5.15 Å². The van der Waals surface area contributed by atoms with Gasteiger partial charge >= 0.3 is 0 Å². The van der Waals surface area contributed by atoms with Gasteiger partial charge < -0.3 is 5.32 Å². The number of aromatic nitrogens is 1. The minimum atomic E-state index is 0.385. The maximum absolute atomic E-state index is 5.82. The van der Waals surface area contributed by atoms with Crippen molar-refractivity contribution in [3.05, 3.63) is 23.5 Å². The van der Waals surface area contributed by atoms with Gasteiger partial charge in [-0.3, -0.25) is 0 Å². The Morgan fingerprint density at radius 3 is 3.20 bits per heavy atom. The van der Waals surface area contributed by atoms with Gasteiger partial charge in [0.2, 0.25) is 0 Å². The maximum atomic E-state index is 5.82. The van der Waals surface area contributed by atoms with Crippen molar-refractivity contribution in [3.8, 4) is 0 Å². The van der Waals surface area contributed by atoms with Crippen molar-refractivity contribution in [1.82, 2.24) is 4.98 Å². The zero-order chi connectivity index (χ0) is 10.7. The van der Waals surface area contributed by atoms with Crippen LogP contribution in [0.1, 0.15) is 19.8 Å². The summed E-state index contributed by atoms with van der Waals surface area (Å²) in [6.07, 6.45) is 4.36. The first kappa shape index (κ1) is 11.1. The van der Waals surface area contributed by atoms with Crippen molar-refractivity contribution in [3.63, 3.8) is 0 Å². The van der Waals surface area contributed by atoms with E-state index in [9.17, 15) is 0 Å². The topological polar surface area (TPSA) is 24.9 Å². The Kier molecular flexibility index (Phi) is 3.42. The Morgan fingerprint density at radius 2 is 2.53 bits per heavy atom. The third kappa shape index (κ3) is 3.02. The van der Waals surface area contributed by atoms with Crippen LogP contribution in [0.15, 0.2) is 18.3 Å². The molecule has 2 heterocycles. The molecule has 0 amide bonds. The molecule has 1 unspecified atom stereocenters. The third-order valence-corrected chi connectivity index (χ3v) is 4.44. The number of anilines is 1. The number of hydrogen-bond acceptors (Lipinski definition) is 3. The summed E-state index contributed by atoms with van der Waals surface area (Å²) in [5.74, 6) is 1.29. The fourth-order valence-electron chi connectivity index (χ4n) is 1.78. The number of nitrogens with zero attached hydrogens (tertiary/aromatic N) is 1. The smallest absolute Gasteiger partial charge is 0.131 e. The Bertz CT molecular complexity index is 337. The van der Waals surface area contributed by atoms with E-state index in [0.29, 0.717) is 9.90 Å². The van der Waals surface area contributed by atoms with E-state index in [1.54, 1.807) is 6.20 Å². The van der Waals surface area contributed by atoms with Gasteiger partial charge in [0.05, 0.1) is 0 Å². The van der Waals surface area contributed by atoms with Gasteiger partial charge in [0.1, 0.15) is 5.15 Å². The predicted octanol–water partition coefficient (Wildman–Crippen LogP) is 3.43. The fraction of sp³-hybridized carbons (Fsp3) is 0.545. The molecule has 1 N–H and O–H groups in total. The van der Waals surface area contributed by atoms with Crippen molar-refractivity contribution in [1.29, 1.82) is 0 Å². The molecule has 82 valence electrons. The first-order valence-corrected chi connectivity index (χ1v) is 6.54. The molecule has 1 fully saturated rings. The van der Waals surface area contributed by atoms with Gasteiger partial charge in [-0.2, -0.15) is 11.8 Å². The van der Waals surface area contributed by atoms with Crippen LogP contribution in [-0.2, 0) is 0 Å². The first-order valence-electron chi connectivity index (χ1n) is 5.17. The van der Waals surface area contributed by atoms with Crippen LogP contribution in [0.5, 0.6) is 0 Å². The largest absolute Gasteiger partial charge is 0.384 e. The average molecular weight is 243 g/mol. The molecule has 2 nitrogen and oxygen atoms in total. The normalized spacial score (nSPS) is 25.5. The molecule has 1 aliphatic rings. The Morgan fingerprint density at radius 1 is 1.67 bits per heavy atom. The Hall–Kier alpha value is -0.410. The minimum Gasteiger partial charge on any atom is -0.384 e. The molecule has 1 aliphatic heterocycles. The zero-order valence-electron chi connectivity index (χ0n) is 8.79. The molecule has 4 heteroatoms. The summed E-state index contributed by atoms with van der Waals surface area (Å²) in [5, 5.41) is 3.97. The van der Waals surface area contributed by atoms with Crippen LogP contribution in [0.25, 0.3) is 0 Å². The van der Waals surface area contributed by atoms with E-state index in [-0.39, 0.29) is 0 Å². The van der Waals surface area contributed by atoms with Gasteiger partial charge in [0.25, 0.3) is 0 Å². The van der Waals surface area contributed by atoms with Crippen LogP contribution in [0.3, 0.4) is 0 Å². The molecule has 1 aromatic rings. The number of nitrogens with one attached hydrogen (secondary N) is 1.